The lowest BCUT2D eigenvalue weighted by molar-refractivity contribution is 0.0201. The highest BCUT2D eigenvalue weighted by Gasteiger charge is 2.30. The van der Waals surface area contributed by atoms with Gasteiger partial charge in [-0.25, -0.2) is 24.2 Å². The molecule has 330 valence electrons. The van der Waals surface area contributed by atoms with Gasteiger partial charge >= 0.3 is 24.2 Å². The van der Waals surface area contributed by atoms with Crippen LogP contribution in [0, 0.1) is 0 Å². The van der Waals surface area contributed by atoms with Crippen molar-refractivity contribution in [2.75, 3.05) is 38.2 Å². The molecule has 0 radical (unpaired) electrons. The van der Waals surface area contributed by atoms with Gasteiger partial charge in [-0.2, -0.15) is 0 Å². The van der Waals surface area contributed by atoms with Crippen LogP contribution in [0.3, 0.4) is 0 Å². The van der Waals surface area contributed by atoms with Crippen LogP contribution in [-0.4, -0.2) is 94.1 Å². The second kappa shape index (κ2) is 19.8. The number of carbonyl (C=O) groups excluding carboxylic acids is 4. The Morgan fingerprint density at radius 1 is 0.645 bits per heavy atom. The van der Waals surface area contributed by atoms with Crippen molar-refractivity contribution < 1.29 is 38.1 Å². The molecule has 0 bridgehead atoms. The average Bonchev–Trinajstić information content (AvgIpc) is 3.19. The van der Waals surface area contributed by atoms with Gasteiger partial charge in [0.2, 0.25) is 0 Å². The Morgan fingerprint density at radius 2 is 1.26 bits per heavy atom. The van der Waals surface area contributed by atoms with Crippen LogP contribution in [0.2, 0.25) is 5.02 Å². The number of ether oxygens (including phenoxy) is 4. The molecule has 0 unspecified atom stereocenters. The van der Waals surface area contributed by atoms with E-state index in [4.69, 9.17) is 35.5 Å². The quantitative estimate of drug-likeness (QED) is 0.0486. The maximum atomic E-state index is 14.1. The number of hydrogen-bond acceptors (Lipinski definition) is 10. The summed E-state index contributed by atoms with van der Waals surface area (Å²) < 4.78 is 22.5. The number of aromatic nitrogens is 2. The van der Waals surface area contributed by atoms with Gasteiger partial charge in [0.1, 0.15) is 22.6 Å². The van der Waals surface area contributed by atoms with Gasteiger partial charge in [0.05, 0.1) is 18.2 Å². The summed E-state index contributed by atoms with van der Waals surface area (Å²) in [4.78, 5) is 67.8. The first-order chi connectivity index (χ1) is 29.1. The number of methoxy groups -OCH3 is 1. The van der Waals surface area contributed by atoms with Gasteiger partial charge < -0.3 is 28.7 Å². The van der Waals surface area contributed by atoms with Crippen molar-refractivity contribution in [3.63, 3.8) is 0 Å². The Balaban J connectivity index is 1.40. The summed E-state index contributed by atoms with van der Waals surface area (Å²) in [7, 11) is 1.30. The van der Waals surface area contributed by atoms with Crippen LogP contribution in [0.25, 0.3) is 32.8 Å². The minimum absolute atomic E-state index is 0.0233. The summed E-state index contributed by atoms with van der Waals surface area (Å²) in [6.07, 6.45) is 2.56. The van der Waals surface area contributed by atoms with Gasteiger partial charge in [-0.15, -0.1) is 0 Å². The van der Waals surface area contributed by atoms with E-state index in [-0.39, 0.29) is 37.6 Å². The third kappa shape index (κ3) is 13.0. The molecular weight excluding hydrogens is 810 g/mol. The molecule has 0 aliphatic rings. The van der Waals surface area contributed by atoms with Gasteiger partial charge in [0.25, 0.3) is 0 Å². The molecule has 2 heterocycles. The third-order valence-electron chi connectivity index (χ3n) is 9.36. The first-order valence-corrected chi connectivity index (χ1v) is 21.1. The average molecular weight is 868 g/mol. The van der Waals surface area contributed by atoms with E-state index in [1.54, 1.807) is 88.0 Å². The fourth-order valence-electron chi connectivity index (χ4n) is 6.62. The fraction of sp³-hybridized carbons (Fsp3) is 0.417. The maximum absolute atomic E-state index is 14.1. The second-order valence-corrected chi connectivity index (χ2v) is 18.4. The van der Waals surface area contributed by atoms with Crippen molar-refractivity contribution in [1.29, 1.82) is 0 Å². The summed E-state index contributed by atoms with van der Waals surface area (Å²) in [5.74, 6) is -0.269. The monoisotopic (exact) mass is 867 g/mol. The molecule has 3 amide bonds. The Bertz CT molecular complexity index is 2390. The highest BCUT2D eigenvalue weighted by molar-refractivity contribution is 6.33. The van der Waals surface area contributed by atoms with E-state index in [1.807, 2.05) is 69.3 Å². The van der Waals surface area contributed by atoms with Crippen molar-refractivity contribution in [1.82, 2.24) is 19.8 Å². The number of benzene rings is 3. The van der Waals surface area contributed by atoms with E-state index in [0.29, 0.717) is 40.7 Å². The van der Waals surface area contributed by atoms with E-state index in [2.05, 4.69) is 4.98 Å². The van der Waals surface area contributed by atoms with Gasteiger partial charge in [-0.05, 0) is 111 Å². The molecule has 0 spiro atoms. The predicted octanol–water partition coefficient (Wildman–Crippen LogP) is 11.1. The van der Waals surface area contributed by atoms with Gasteiger partial charge in [0, 0.05) is 71.9 Å². The number of halogens is 1. The van der Waals surface area contributed by atoms with Crippen LogP contribution in [0.5, 0.6) is 0 Å². The number of nitrogens with zero attached hydrogens (tertiary/aromatic N) is 5. The summed E-state index contributed by atoms with van der Waals surface area (Å²) in [6.45, 7) is 17.0. The smallest absolute Gasteiger partial charge is 0.416 e. The lowest BCUT2D eigenvalue weighted by Gasteiger charge is -2.31. The molecule has 5 aromatic rings. The topological polar surface area (TPSA) is 141 Å². The van der Waals surface area contributed by atoms with Crippen LogP contribution in [-0.2, 0) is 25.5 Å². The van der Waals surface area contributed by atoms with Crippen LogP contribution in [0.4, 0.5) is 20.2 Å². The fourth-order valence-corrected chi connectivity index (χ4v) is 6.93. The summed E-state index contributed by atoms with van der Waals surface area (Å²) in [6, 6.07) is 22.4. The highest BCUT2D eigenvalue weighted by atomic mass is 35.5. The molecule has 0 N–H and O–H groups in total. The number of pyridine rings is 2. The lowest BCUT2D eigenvalue weighted by Crippen LogP contribution is -2.45. The number of amides is 3. The van der Waals surface area contributed by atoms with E-state index >= 15 is 0 Å². The molecule has 5 rings (SSSR count). The van der Waals surface area contributed by atoms with Gasteiger partial charge in [0.15, 0.2) is 0 Å². The zero-order valence-electron chi connectivity index (χ0n) is 37.4. The van der Waals surface area contributed by atoms with Crippen LogP contribution < -0.4 is 4.90 Å². The maximum Gasteiger partial charge on any atom is 0.416 e. The minimum Gasteiger partial charge on any atom is -0.465 e. The number of fused-ring (bicyclic) bond motifs is 3. The summed E-state index contributed by atoms with van der Waals surface area (Å²) in [5.41, 5.74) is 1.06. The molecule has 14 heteroatoms. The first kappa shape index (κ1) is 47.1. The third-order valence-corrected chi connectivity index (χ3v) is 9.67. The van der Waals surface area contributed by atoms with Crippen molar-refractivity contribution in [3.8, 4) is 11.1 Å². The Morgan fingerprint density at radius 3 is 1.87 bits per heavy atom. The zero-order chi connectivity index (χ0) is 45.4. The number of carbonyl (C=O) groups is 4. The van der Waals surface area contributed by atoms with E-state index in [1.165, 1.54) is 12.0 Å². The molecule has 62 heavy (non-hydrogen) atoms. The molecule has 13 nitrogen and oxygen atoms in total. The van der Waals surface area contributed by atoms with E-state index in [9.17, 15) is 19.2 Å². The summed E-state index contributed by atoms with van der Waals surface area (Å²) in [5, 5.41) is 2.61. The molecule has 0 fully saturated rings. The van der Waals surface area contributed by atoms with Crippen LogP contribution >= 0.6 is 11.6 Å². The predicted molar refractivity (Wildman–Crippen MR) is 243 cm³/mol. The Labute approximate surface area is 369 Å². The largest absolute Gasteiger partial charge is 0.465 e. The normalized spacial score (nSPS) is 11.9. The molecule has 2 aromatic heterocycles. The van der Waals surface area contributed by atoms with Crippen LogP contribution in [0.15, 0.2) is 85.2 Å². The molecular formula is C48H58ClN5O8. The molecule has 0 aliphatic carbocycles. The van der Waals surface area contributed by atoms with Crippen molar-refractivity contribution in [2.24, 2.45) is 0 Å². The van der Waals surface area contributed by atoms with E-state index < -0.39 is 41.1 Å². The molecule has 0 saturated heterocycles. The molecule has 0 atom stereocenters. The molecule has 3 aromatic carbocycles. The first-order valence-electron chi connectivity index (χ1n) is 20.7. The minimum atomic E-state index is -0.859. The summed E-state index contributed by atoms with van der Waals surface area (Å²) >= 11 is 6.75. The van der Waals surface area contributed by atoms with Crippen LogP contribution in [0.1, 0.15) is 91.1 Å². The SMILES string of the molecule is COC(=O)c1ccc2c(c1)nc(N(CCN(CCCCN(Cc1ccc(-c3ccccc3)c(Cl)c1)C(=O)OC(C)(C)C)C(=O)OC(C)(C)C)C(=O)OC(C)(C)C)c1ccncc12. The van der Waals surface area contributed by atoms with Crippen molar-refractivity contribution in [2.45, 2.75) is 98.5 Å². The van der Waals surface area contributed by atoms with Crippen molar-refractivity contribution in [3.05, 3.63) is 101 Å². The number of unbranched alkanes of at least 4 members (excludes halogenated alkanes) is 1. The molecule has 0 aliphatic heterocycles. The highest BCUT2D eigenvalue weighted by Crippen LogP contribution is 2.33. The number of rotatable bonds is 13. The van der Waals surface area contributed by atoms with Gasteiger partial charge in [-0.1, -0.05) is 60.1 Å². The Hall–Kier alpha value is -5.95. The zero-order valence-corrected chi connectivity index (χ0v) is 38.2. The molecule has 0 saturated carbocycles. The second-order valence-electron chi connectivity index (χ2n) is 18.0. The Kier molecular flexibility index (Phi) is 15.1. The number of esters is 1. The number of anilines is 1. The number of hydrogen-bond donors (Lipinski definition) is 0. The lowest BCUT2D eigenvalue weighted by atomic mass is 10.0. The van der Waals surface area contributed by atoms with Crippen molar-refractivity contribution >= 4 is 63.3 Å². The standard InChI is InChI=1S/C48H58ClN5O8/c1-46(2,3)60-43(56)52(24-14-15-25-53(44(57)61-47(4,5)6)31-32-18-20-35(39(49)28-32)33-16-12-11-13-17-33)26-27-54(45(58)62-48(7,8)9)41-37-22-23-50-30-38(37)36-21-19-34(42(55)59-10)29-40(36)51-41/h11-13,16-23,28-30H,14-15,24-27,31H2,1-10H3. The van der Waals surface area contributed by atoms with E-state index in [0.717, 1.165) is 22.1 Å². The van der Waals surface area contributed by atoms with Gasteiger partial charge in [-0.3, -0.25) is 9.88 Å².